The van der Waals surface area contributed by atoms with Gasteiger partial charge in [-0.05, 0) is 106 Å². The molecule has 10 aromatic rings. The zero-order chi connectivity index (χ0) is 37.7. The van der Waals surface area contributed by atoms with Crippen LogP contribution in [-0.2, 0) is 0 Å². The molecule has 0 unspecified atom stereocenters. The Morgan fingerprint density at radius 2 is 0.842 bits per heavy atom. The fraction of sp³-hybridized carbons (Fsp3) is 0. The standard InChI is InChI=1S/C54H35NO2/c1-2-12-36(13-3-1)37-24-29-41(30-25-37)55(42-31-26-38(27-32-42)39-28-33-53-49(35-39)46-17-5-8-22-51(46)57-53)43-15-10-14-40(34-43)44-19-11-20-47-45-16-4-7-21-50(45)56-52-23-9-6-18-48(52)54(44)47/h1-35H. The molecule has 0 N–H and O–H groups in total. The van der Waals surface area contributed by atoms with Crippen molar-refractivity contribution in [2.24, 2.45) is 0 Å². The van der Waals surface area contributed by atoms with Crippen molar-refractivity contribution < 1.29 is 9.15 Å². The van der Waals surface area contributed by atoms with Crippen molar-refractivity contribution in [1.29, 1.82) is 0 Å². The van der Waals surface area contributed by atoms with Gasteiger partial charge in [0.1, 0.15) is 22.7 Å². The second kappa shape index (κ2) is 13.6. The lowest BCUT2D eigenvalue weighted by molar-refractivity contribution is 0.488. The van der Waals surface area contributed by atoms with E-state index in [0.717, 1.165) is 89.4 Å². The van der Waals surface area contributed by atoms with Gasteiger partial charge in [0.15, 0.2) is 0 Å². The summed E-state index contributed by atoms with van der Waals surface area (Å²) in [5.74, 6) is 1.72. The van der Waals surface area contributed by atoms with Crippen LogP contribution in [-0.4, -0.2) is 0 Å². The van der Waals surface area contributed by atoms with E-state index >= 15 is 0 Å². The Bertz CT molecular complexity index is 3090. The third-order valence-electron chi connectivity index (χ3n) is 11.1. The fourth-order valence-corrected chi connectivity index (χ4v) is 8.37. The Morgan fingerprint density at radius 1 is 0.298 bits per heavy atom. The van der Waals surface area contributed by atoms with Crippen LogP contribution in [0.4, 0.5) is 17.1 Å². The molecule has 268 valence electrons. The number of benzene rings is 9. The van der Waals surface area contributed by atoms with Crippen LogP contribution >= 0.6 is 0 Å². The first-order chi connectivity index (χ1) is 28.2. The van der Waals surface area contributed by atoms with Crippen LogP contribution in [0, 0.1) is 0 Å². The molecule has 3 nitrogen and oxygen atoms in total. The summed E-state index contributed by atoms with van der Waals surface area (Å²) in [6, 6.07) is 75.2. The Morgan fingerprint density at radius 3 is 1.63 bits per heavy atom. The van der Waals surface area contributed by atoms with Crippen molar-refractivity contribution in [2.45, 2.75) is 0 Å². The minimum absolute atomic E-state index is 0.854. The summed E-state index contributed by atoms with van der Waals surface area (Å²) >= 11 is 0. The molecule has 0 bridgehead atoms. The molecule has 1 aromatic heterocycles. The maximum atomic E-state index is 6.56. The molecule has 1 aliphatic heterocycles. The number of fused-ring (bicyclic) bond motifs is 8. The number of rotatable bonds is 6. The summed E-state index contributed by atoms with van der Waals surface area (Å²) in [4.78, 5) is 2.35. The maximum Gasteiger partial charge on any atom is 0.135 e. The molecule has 0 radical (unpaired) electrons. The average Bonchev–Trinajstić information content (AvgIpc) is 3.58. The minimum Gasteiger partial charge on any atom is -0.456 e. The molecule has 0 spiro atoms. The summed E-state index contributed by atoms with van der Waals surface area (Å²) < 4.78 is 12.7. The quantitative estimate of drug-likeness (QED) is 0.170. The predicted molar refractivity (Wildman–Crippen MR) is 236 cm³/mol. The number of furan rings is 1. The van der Waals surface area contributed by atoms with E-state index in [1.54, 1.807) is 0 Å². The van der Waals surface area contributed by atoms with E-state index < -0.39 is 0 Å². The van der Waals surface area contributed by atoms with Crippen LogP contribution in [0.1, 0.15) is 0 Å². The van der Waals surface area contributed by atoms with Gasteiger partial charge in [0.05, 0.1) is 0 Å². The summed E-state index contributed by atoms with van der Waals surface area (Å²) in [5, 5.41) is 2.26. The molecule has 0 amide bonds. The highest BCUT2D eigenvalue weighted by Gasteiger charge is 2.24. The lowest BCUT2D eigenvalue weighted by Gasteiger charge is -2.27. The van der Waals surface area contributed by atoms with Crippen molar-refractivity contribution >= 4 is 39.0 Å². The molecule has 57 heavy (non-hydrogen) atoms. The van der Waals surface area contributed by atoms with Gasteiger partial charge in [-0.15, -0.1) is 0 Å². The smallest absolute Gasteiger partial charge is 0.135 e. The molecule has 2 heterocycles. The number of hydrogen-bond acceptors (Lipinski definition) is 3. The van der Waals surface area contributed by atoms with Gasteiger partial charge in [0.25, 0.3) is 0 Å². The number of hydrogen-bond donors (Lipinski definition) is 0. The van der Waals surface area contributed by atoms with Crippen LogP contribution < -0.4 is 9.64 Å². The van der Waals surface area contributed by atoms with Gasteiger partial charge >= 0.3 is 0 Å². The van der Waals surface area contributed by atoms with Crippen molar-refractivity contribution in [3.8, 4) is 67.1 Å². The molecule has 11 rings (SSSR count). The maximum absolute atomic E-state index is 6.56. The molecule has 0 saturated carbocycles. The number of para-hydroxylation sites is 3. The molecule has 3 heteroatoms. The minimum atomic E-state index is 0.854. The van der Waals surface area contributed by atoms with E-state index in [9.17, 15) is 0 Å². The van der Waals surface area contributed by atoms with E-state index in [4.69, 9.17) is 9.15 Å². The third kappa shape index (κ3) is 5.76. The second-order valence-electron chi connectivity index (χ2n) is 14.5. The molecule has 9 aromatic carbocycles. The Hall–Kier alpha value is -7.62. The van der Waals surface area contributed by atoms with E-state index in [-0.39, 0.29) is 0 Å². The predicted octanol–water partition coefficient (Wildman–Crippen LogP) is 15.5. The highest BCUT2D eigenvalue weighted by molar-refractivity contribution is 6.06. The van der Waals surface area contributed by atoms with Crippen molar-refractivity contribution in [3.63, 3.8) is 0 Å². The van der Waals surface area contributed by atoms with E-state index in [0.29, 0.717) is 0 Å². The van der Waals surface area contributed by atoms with Gasteiger partial charge in [0.2, 0.25) is 0 Å². The van der Waals surface area contributed by atoms with Crippen LogP contribution in [0.15, 0.2) is 217 Å². The van der Waals surface area contributed by atoms with Gasteiger partial charge < -0.3 is 14.1 Å². The fourth-order valence-electron chi connectivity index (χ4n) is 8.37. The summed E-state index contributed by atoms with van der Waals surface area (Å²) in [7, 11) is 0. The molecular formula is C54H35NO2. The van der Waals surface area contributed by atoms with Gasteiger partial charge in [-0.1, -0.05) is 146 Å². The average molecular weight is 730 g/mol. The summed E-state index contributed by atoms with van der Waals surface area (Å²) in [6.07, 6.45) is 0. The zero-order valence-electron chi connectivity index (χ0n) is 31.0. The first-order valence-corrected chi connectivity index (χ1v) is 19.3. The normalized spacial score (nSPS) is 11.6. The number of nitrogens with zero attached hydrogens (tertiary/aromatic N) is 1. The third-order valence-corrected chi connectivity index (χ3v) is 11.1. The lowest BCUT2D eigenvalue weighted by atomic mass is 9.87. The van der Waals surface area contributed by atoms with E-state index in [1.807, 2.05) is 24.3 Å². The van der Waals surface area contributed by atoms with Crippen LogP contribution in [0.2, 0.25) is 0 Å². The van der Waals surface area contributed by atoms with Gasteiger partial charge in [-0.3, -0.25) is 0 Å². The lowest BCUT2D eigenvalue weighted by Crippen LogP contribution is -2.10. The van der Waals surface area contributed by atoms with Crippen molar-refractivity contribution in [3.05, 3.63) is 212 Å². The molecule has 0 saturated heterocycles. The molecule has 0 aliphatic carbocycles. The first-order valence-electron chi connectivity index (χ1n) is 19.3. The van der Waals surface area contributed by atoms with Gasteiger partial charge in [-0.2, -0.15) is 0 Å². The van der Waals surface area contributed by atoms with Crippen LogP contribution in [0.5, 0.6) is 11.5 Å². The van der Waals surface area contributed by atoms with E-state index in [1.165, 1.54) is 16.7 Å². The highest BCUT2D eigenvalue weighted by Crippen LogP contribution is 2.50. The van der Waals surface area contributed by atoms with Crippen LogP contribution in [0.25, 0.3) is 77.6 Å². The van der Waals surface area contributed by atoms with Crippen molar-refractivity contribution in [2.75, 3.05) is 4.90 Å². The number of ether oxygens (including phenoxy) is 1. The van der Waals surface area contributed by atoms with Crippen LogP contribution in [0.3, 0.4) is 0 Å². The molecule has 0 fully saturated rings. The summed E-state index contributed by atoms with van der Waals surface area (Å²) in [5.41, 5.74) is 16.5. The zero-order valence-corrected chi connectivity index (χ0v) is 31.0. The highest BCUT2D eigenvalue weighted by atomic mass is 16.5. The van der Waals surface area contributed by atoms with E-state index in [2.05, 4.69) is 193 Å². The summed E-state index contributed by atoms with van der Waals surface area (Å²) in [6.45, 7) is 0. The molecule has 0 atom stereocenters. The largest absolute Gasteiger partial charge is 0.456 e. The number of anilines is 3. The van der Waals surface area contributed by atoms with Gasteiger partial charge in [-0.25, -0.2) is 0 Å². The first kappa shape index (κ1) is 32.8. The SMILES string of the molecule is c1ccc(-c2ccc(N(c3ccc(-c4ccc5oc6ccccc6c5c4)cc3)c3cccc(-c4cccc5c4-c4ccccc4Oc4ccccc4-5)c3)cc2)cc1. The second-order valence-corrected chi connectivity index (χ2v) is 14.5. The Balaban J connectivity index is 1.04. The monoisotopic (exact) mass is 729 g/mol. The Kier molecular flexibility index (Phi) is 7.82. The molecular weight excluding hydrogens is 695 g/mol. The van der Waals surface area contributed by atoms with Gasteiger partial charge in [0, 0.05) is 44.5 Å². The topological polar surface area (TPSA) is 25.6 Å². The Labute approximate surface area is 331 Å². The molecule has 1 aliphatic rings. The van der Waals surface area contributed by atoms with Crippen molar-refractivity contribution in [1.82, 2.24) is 0 Å².